The monoisotopic (exact) mass is 385 g/mol. The van der Waals surface area contributed by atoms with Gasteiger partial charge in [-0.25, -0.2) is 8.42 Å². The average molecular weight is 385 g/mol. The molecule has 0 aliphatic carbocycles. The van der Waals surface area contributed by atoms with Crippen molar-refractivity contribution in [1.82, 2.24) is 10.2 Å². The Morgan fingerprint density at radius 2 is 1.85 bits per heavy atom. The third kappa shape index (κ3) is 4.59. The van der Waals surface area contributed by atoms with Gasteiger partial charge in [-0.1, -0.05) is 29.4 Å². The van der Waals surface area contributed by atoms with Crippen molar-refractivity contribution >= 4 is 21.8 Å². The molecule has 0 saturated heterocycles. The Morgan fingerprint density at radius 1 is 1.07 bits per heavy atom. The second-order valence-electron chi connectivity index (χ2n) is 6.36. The summed E-state index contributed by atoms with van der Waals surface area (Å²) in [5.41, 5.74) is 3.62. The van der Waals surface area contributed by atoms with E-state index in [0.29, 0.717) is 5.56 Å². The van der Waals surface area contributed by atoms with Crippen LogP contribution in [0.25, 0.3) is 11.5 Å². The molecule has 3 rings (SSSR count). The molecule has 3 aromatic rings. The van der Waals surface area contributed by atoms with E-state index in [2.05, 4.69) is 15.5 Å². The molecule has 8 heteroatoms. The summed E-state index contributed by atoms with van der Waals surface area (Å²) in [5, 5.41) is 10.2. The Hall–Kier alpha value is -3.00. The van der Waals surface area contributed by atoms with Gasteiger partial charge >= 0.3 is 6.01 Å². The molecule has 0 radical (unpaired) electrons. The summed E-state index contributed by atoms with van der Waals surface area (Å²) in [6.45, 7) is 4.00. The summed E-state index contributed by atoms with van der Waals surface area (Å²) in [6.07, 6.45) is 1.31. The van der Waals surface area contributed by atoms with Crippen LogP contribution in [0.4, 0.5) is 6.01 Å². The maximum atomic E-state index is 12.2. The summed E-state index contributed by atoms with van der Waals surface area (Å²) in [6, 6.07) is 12.0. The number of hydrogen-bond acceptors (Lipinski definition) is 6. The van der Waals surface area contributed by atoms with Crippen molar-refractivity contribution < 1.29 is 17.6 Å². The first kappa shape index (κ1) is 18.8. The zero-order chi connectivity index (χ0) is 19.6. The largest absolute Gasteiger partial charge is 0.403 e. The average Bonchev–Trinajstić information content (AvgIpc) is 3.06. The van der Waals surface area contributed by atoms with Gasteiger partial charge in [-0.05, 0) is 48.7 Å². The number of hydrogen-bond donors (Lipinski definition) is 1. The first-order valence-corrected chi connectivity index (χ1v) is 10.1. The molecule has 1 aromatic heterocycles. The van der Waals surface area contributed by atoms with E-state index in [-0.39, 0.29) is 29.1 Å². The lowest BCUT2D eigenvalue weighted by Gasteiger charge is -2.04. The van der Waals surface area contributed by atoms with Gasteiger partial charge in [-0.3, -0.25) is 10.1 Å². The van der Waals surface area contributed by atoms with E-state index < -0.39 is 9.84 Å². The van der Waals surface area contributed by atoms with Crippen molar-refractivity contribution in [2.45, 2.75) is 25.2 Å². The quantitative estimate of drug-likeness (QED) is 0.724. The number of rotatable bonds is 5. The highest BCUT2D eigenvalue weighted by atomic mass is 32.2. The molecule has 0 unspecified atom stereocenters. The lowest BCUT2D eigenvalue weighted by molar-refractivity contribution is -0.115. The minimum Gasteiger partial charge on any atom is -0.403 e. The van der Waals surface area contributed by atoms with Crippen molar-refractivity contribution in [3.05, 3.63) is 59.2 Å². The lowest BCUT2D eigenvalue weighted by Crippen LogP contribution is -2.14. The third-order valence-corrected chi connectivity index (χ3v) is 5.23. The van der Waals surface area contributed by atoms with Crippen LogP contribution in [-0.2, 0) is 21.1 Å². The van der Waals surface area contributed by atoms with Gasteiger partial charge in [0.1, 0.15) is 0 Å². The highest BCUT2D eigenvalue weighted by Gasteiger charge is 2.14. The van der Waals surface area contributed by atoms with E-state index in [9.17, 15) is 13.2 Å². The lowest BCUT2D eigenvalue weighted by atomic mass is 10.0. The minimum atomic E-state index is -3.35. The number of carbonyl (C=O) groups is 1. The van der Waals surface area contributed by atoms with Crippen LogP contribution < -0.4 is 5.32 Å². The fraction of sp³-hybridized carbons (Fsp3) is 0.211. The Labute approximate surface area is 157 Å². The first-order valence-electron chi connectivity index (χ1n) is 8.22. The maximum absolute atomic E-state index is 12.2. The van der Waals surface area contributed by atoms with Gasteiger partial charge in [0.05, 0.1) is 11.3 Å². The number of nitrogens with zero attached hydrogens (tertiary/aromatic N) is 2. The normalized spacial score (nSPS) is 11.4. The smallest absolute Gasteiger partial charge is 0.322 e. The van der Waals surface area contributed by atoms with E-state index in [1.54, 1.807) is 12.1 Å². The van der Waals surface area contributed by atoms with Crippen LogP contribution in [0, 0.1) is 13.8 Å². The van der Waals surface area contributed by atoms with Crippen LogP contribution in [0.1, 0.15) is 16.7 Å². The van der Waals surface area contributed by atoms with E-state index in [0.717, 1.165) is 22.9 Å². The maximum Gasteiger partial charge on any atom is 0.322 e. The highest BCUT2D eigenvalue weighted by molar-refractivity contribution is 7.90. The molecule has 0 atom stereocenters. The van der Waals surface area contributed by atoms with Crippen LogP contribution in [0.15, 0.2) is 51.8 Å². The molecule has 1 amide bonds. The second kappa shape index (κ2) is 7.32. The molecule has 2 aromatic carbocycles. The number of anilines is 1. The third-order valence-electron chi connectivity index (χ3n) is 4.12. The highest BCUT2D eigenvalue weighted by Crippen LogP contribution is 2.23. The van der Waals surface area contributed by atoms with Crippen LogP contribution in [-0.4, -0.2) is 30.8 Å². The van der Waals surface area contributed by atoms with Gasteiger partial charge in [-0.2, -0.15) is 0 Å². The number of sulfone groups is 1. The number of amides is 1. The minimum absolute atomic E-state index is 0.0383. The molecule has 140 valence electrons. The van der Waals surface area contributed by atoms with Gasteiger partial charge in [-0.15, -0.1) is 5.10 Å². The molecule has 0 aliphatic rings. The fourth-order valence-electron chi connectivity index (χ4n) is 2.51. The SMILES string of the molecule is Cc1ccc(CC(=O)Nc2nnc(-c3cccc(S(C)(=O)=O)c3)o2)cc1C. The summed E-state index contributed by atoms with van der Waals surface area (Å²) in [7, 11) is -3.35. The van der Waals surface area contributed by atoms with Crippen LogP contribution in [0.2, 0.25) is 0 Å². The molecular formula is C19H19N3O4S. The van der Waals surface area contributed by atoms with Crippen LogP contribution in [0.5, 0.6) is 0 Å². The van der Waals surface area contributed by atoms with Crippen LogP contribution >= 0.6 is 0 Å². The van der Waals surface area contributed by atoms with Crippen molar-refractivity contribution in [3.8, 4) is 11.5 Å². The predicted molar refractivity (Wildman–Crippen MR) is 101 cm³/mol. The van der Waals surface area contributed by atoms with Crippen molar-refractivity contribution in [1.29, 1.82) is 0 Å². The number of aryl methyl sites for hydroxylation is 2. The summed E-state index contributed by atoms with van der Waals surface area (Å²) < 4.78 is 28.8. The predicted octanol–water partition coefficient (Wildman–Crippen LogP) is 2.94. The molecule has 0 saturated carbocycles. The molecule has 0 bridgehead atoms. The Bertz CT molecular complexity index is 1100. The molecular weight excluding hydrogens is 366 g/mol. The molecule has 0 aliphatic heterocycles. The van der Waals surface area contributed by atoms with Gasteiger partial charge < -0.3 is 4.42 Å². The van der Waals surface area contributed by atoms with Crippen LogP contribution in [0.3, 0.4) is 0 Å². The first-order chi connectivity index (χ1) is 12.7. The zero-order valence-electron chi connectivity index (χ0n) is 15.2. The molecule has 27 heavy (non-hydrogen) atoms. The molecule has 7 nitrogen and oxygen atoms in total. The summed E-state index contributed by atoms with van der Waals surface area (Å²) >= 11 is 0. The Morgan fingerprint density at radius 3 is 2.56 bits per heavy atom. The summed E-state index contributed by atoms with van der Waals surface area (Å²) in [4.78, 5) is 12.3. The van der Waals surface area contributed by atoms with Gasteiger partial charge in [0.25, 0.3) is 0 Å². The fourth-order valence-corrected chi connectivity index (χ4v) is 3.18. The summed E-state index contributed by atoms with van der Waals surface area (Å²) in [5.74, 6) is -0.152. The topological polar surface area (TPSA) is 102 Å². The molecule has 1 heterocycles. The van der Waals surface area contributed by atoms with Crippen molar-refractivity contribution in [2.75, 3.05) is 11.6 Å². The number of aromatic nitrogens is 2. The molecule has 0 spiro atoms. The van der Waals surface area contributed by atoms with E-state index in [4.69, 9.17) is 4.42 Å². The Balaban J connectivity index is 1.72. The molecule has 0 fully saturated rings. The zero-order valence-corrected chi connectivity index (χ0v) is 16.0. The van der Waals surface area contributed by atoms with E-state index in [1.807, 2.05) is 32.0 Å². The van der Waals surface area contributed by atoms with Crippen molar-refractivity contribution in [3.63, 3.8) is 0 Å². The molecule has 1 N–H and O–H groups in total. The van der Waals surface area contributed by atoms with E-state index in [1.165, 1.54) is 12.1 Å². The van der Waals surface area contributed by atoms with Gasteiger partial charge in [0.2, 0.25) is 11.8 Å². The number of nitrogens with one attached hydrogen (secondary N) is 1. The second-order valence-corrected chi connectivity index (χ2v) is 8.37. The Kier molecular flexibility index (Phi) is 5.09. The van der Waals surface area contributed by atoms with Crippen molar-refractivity contribution in [2.24, 2.45) is 0 Å². The number of benzene rings is 2. The number of carbonyl (C=O) groups excluding carboxylic acids is 1. The van der Waals surface area contributed by atoms with Gasteiger partial charge in [0.15, 0.2) is 9.84 Å². The van der Waals surface area contributed by atoms with Gasteiger partial charge in [0, 0.05) is 11.8 Å². The van der Waals surface area contributed by atoms with E-state index >= 15 is 0 Å². The standard InChI is InChI=1S/C19H19N3O4S/c1-12-7-8-14(9-13(12)2)10-17(23)20-19-22-21-18(26-19)15-5-4-6-16(11-15)27(3,24)25/h4-9,11H,10H2,1-3H3,(H,20,22,23).